The van der Waals surface area contributed by atoms with E-state index >= 15 is 0 Å². The first-order valence-corrected chi connectivity index (χ1v) is 40.7. The normalized spacial score (nSPS) is 14.6. The Bertz CT molecular complexity index is 1910. The summed E-state index contributed by atoms with van der Waals surface area (Å²) in [5.41, 5.74) is 0. The zero-order chi connectivity index (χ0) is 68.7. The van der Waals surface area contributed by atoms with Gasteiger partial charge in [0.05, 0.1) is 26.4 Å². The van der Waals surface area contributed by atoms with E-state index in [2.05, 4.69) is 72.8 Å². The highest BCUT2D eigenvalue weighted by atomic mass is 31.2. The van der Waals surface area contributed by atoms with Crippen molar-refractivity contribution in [1.29, 1.82) is 0 Å². The predicted molar refractivity (Wildman–Crippen MR) is 377 cm³/mol. The number of unbranched alkanes of at least 4 members (excludes halogenated alkanes) is 34. The molecule has 0 aliphatic rings. The smallest absolute Gasteiger partial charge is 0.462 e. The van der Waals surface area contributed by atoms with Gasteiger partial charge in [0.25, 0.3) is 0 Å². The molecule has 0 fully saturated rings. The Hall–Kier alpha value is -2.46. The maximum Gasteiger partial charge on any atom is 0.472 e. The fraction of sp³-hybridized carbons (Fsp3) is 0.892. The van der Waals surface area contributed by atoms with Crippen molar-refractivity contribution in [3.63, 3.8) is 0 Å². The molecule has 0 rings (SSSR count). The molecule has 19 heteroatoms. The number of esters is 4. The molecule has 0 spiro atoms. The molecule has 0 aromatic rings. The molecule has 0 aromatic carbocycles. The number of phosphoric acid groups is 2. The fourth-order valence-electron chi connectivity index (χ4n) is 10.7. The SMILES string of the molecule is CCCCCC/C=C\C=C/CCCCCCCC(=O)O[C@H](COC(=O)CCCCCCCCC(C)CC)COP(=O)(O)OC[C@H](O)COP(=O)(O)OC[C@@H](COC(=O)CCCCCCCCCCCCC(C)C)OC(=O)CCCCCCCCCCCCCCC(C)C. The zero-order valence-corrected chi connectivity index (χ0v) is 62.0. The average molecular weight is 1360 g/mol. The third kappa shape index (κ3) is 66.6. The van der Waals surface area contributed by atoms with Gasteiger partial charge in [-0.1, -0.05) is 297 Å². The highest BCUT2D eigenvalue weighted by Gasteiger charge is 2.30. The third-order valence-corrected chi connectivity index (χ3v) is 18.8. The number of ether oxygens (including phenoxy) is 4. The van der Waals surface area contributed by atoms with Gasteiger partial charge in [-0.15, -0.1) is 0 Å². The first-order chi connectivity index (χ1) is 44.8. The number of rotatable bonds is 70. The van der Waals surface area contributed by atoms with Crippen LogP contribution in [0.25, 0.3) is 0 Å². The summed E-state index contributed by atoms with van der Waals surface area (Å²) in [5, 5.41) is 10.6. The van der Waals surface area contributed by atoms with E-state index in [1.165, 1.54) is 141 Å². The molecule has 3 N–H and O–H groups in total. The van der Waals surface area contributed by atoms with Crippen LogP contribution in [-0.2, 0) is 65.4 Å². The molecule has 0 heterocycles. The summed E-state index contributed by atoms with van der Waals surface area (Å²) < 4.78 is 68.4. The van der Waals surface area contributed by atoms with Crippen molar-refractivity contribution < 1.29 is 80.2 Å². The monoisotopic (exact) mass is 1360 g/mol. The van der Waals surface area contributed by atoms with Crippen LogP contribution in [0, 0.1) is 17.8 Å². The Morgan fingerprint density at radius 1 is 0.355 bits per heavy atom. The summed E-state index contributed by atoms with van der Waals surface area (Å²) in [6, 6.07) is 0. The zero-order valence-electron chi connectivity index (χ0n) is 60.2. The van der Waals surface area contributed by atoms with Crippen molar-refractivity contribution in [3.8, 4) is 0 Å². The van der Waals surface area contributed by atoms with Crippen LogP contribution in [0.2, 0.25) is 0 Å². The molecule has 93 heavy (non-hydrogen) atoms. The van der Waals surface area contributed by atoms with Gasteiger partial charge in [-0.2, -0.15) is 0 Å². The Labute approximate surface area is 567 Å². The van der Waals surface area contributed by atoms with Gasteiger partial charge >= 0.3 is 39.5 Å². The van der Waals surface area contributed by atoms with E-state index < -0.39 is 97.5 Å². The topological polar surface area (TPSA) is 237 Å². The van der Waals surface area contributed by atoms with Crippen LogP contribution in [0.3, 0.4) is 0 Å². The number of allylic oxidation sites excluding steroid dienone is 4. The summed E-state index contributed by atoms with van der Waals surface area (Å²) in [6.07, 6.45) is 52.1. The Kier molecular flexibility index (Phi) is 62.5. The molecule has 0 saturated heterocycles. The van der Waals surface area contributed by atoms with Crippen molar-refractivity contribution in [1.82, 2.24) is 0 Å². The molecule has 0 aliphatic heterocycles. The second kappa shape index (κ2) is 64.2. The van der Waals surface area contributed by atoms with Gasteiger partial charge < -0.3 is 33.8 Å². The fourth-order valence-corrected chi connectivity index (χ4v) is 12.3. The van der Waals surface area contributed by atoms with Gasteiger partial charge in [0.2, 0.25) is 0 Å². The molecule has 0 bridgehead atoms. The van der Waals surface area contributed by atoms with Crippen LogP contribution in [-0.4, -0.2) is 96.7 Å². The summed E-state index contributed by atoms with van der Waals surface area (Å²) in [4.78, 5) is 72.7. The molecule has 548 valence electrons. The number of aliphatic hydroxyl groups is 1. The average Bonchev–Trinajstić information content (AvgIpc) is 1.86. The molecular formula is C74H140O17P2. The number of carbonyl (C=O) groups is 4. The number of hydrogen-bond acceptors (Lipinski definition) is 15. The molecule has 0 aliphatic carbocycles. The minimum absolute atomic E-state index is 0.0838. The molecular weight excluding hydrogens is 1220 g/mol. The Balaban J connectivity index is 5.30. The molecule has 0 radical (unpaired) electrons. The molecule has 0 aromatic heterocycles. The second-order valence-electron chi connectivity index (χ2n) is 27.2. The Morgan fingerprint density at radius 3 is 0.957 bits per heavy atom. The van der Waals surface area contributed by atoms with E-state index in [-0.39, 0.29) is 25.7 Å². The van der Waals surface area contributed by atoms with Crippen molar-refractivity contribution in [2.24, 2.45) is 17.8 Å². The summed E-state index contributed by atoms with van der Waals surface area (Å²) in [7, 11) is -9.92. The minimum Gasteiger partial charge on any atom is -0.462 e. The van der Waals surface area contributed by atoms with Gasteiger partial charge in [-0.05, 0) is 69.1 Å². The van der Waals surface area contributed by atoms with Gasteiger partial charge in [-0.25, -0.2) is 9.13 Å². The second-order valence-corrected chi connectivity index (χ2v) is 30.1. The van der Waals surface area contributed by atoms with Crippen molar-refractivity contribution in [2.45, 2.75) is 369 Å². The highest BCUT2D eigenvalue weighted by Crippen LogP contribution is 2.45. The molecule has 0 saturated carbocycles. The number of aliphatic hydroxyl groups excluding tert-OH is 1. The first kappa shape index (κ1) is 90.5. The molecule has 0 amide bonds. The van der Waals surface area contributed by atoms with E-state index in [0.717, 1.165) is 127 Å². The van der Waals surface area contributed by atoms with Crippen molar-refractivity contribution in [2.75, 3.05) is 39.6 Å². The number of hydrogen-bond donors (Lipinski definition) is 3. The molecule has 6 atom stereocenters. The van der Waals surface area contributed by atoms with E-state index in [1.54, 1.807) is 0 Å². The summed E-state index contributed by atoms with van der Waals surface area (Å²) in [6.45, 7) is 11.8. The van der Waals surface area contributed by atoms with E-state index in [1.807, 2.05) is 0 Å². The van der Waals surface area contributed by atoms with Gasteiger partial charge in [0.1, 0.15) is 19.3 Å². The predicted octanol–water partition coefficient (Wildman–Crippen LogP) is 21.0. The number of phosphoric ester groups is 2. The van der Waals surface area contributed by atoms with Crippen LogP contribution in [0.1, 0.15) is 350 Å². The maximum absolute atomic E-state index is 13.1. The Morgan fingerprint density at radius 2 is 0.634 bits per heavy atom. The van der Waals surface area contributed by atoms with Crippen LogP contribution >= 0.6 is 15.6 Å². The quantitative estimate of drug-likeness (QED) is 0.0169. The molecule has 17 nitrogen and oxygen atoms in total. The van der Waals surface area contributed by atoms with E-state index in [4.69, 9.17) is 37.0 Å². The highest BCUT2D eigenvalue weighted by molar-refractivity contribution is 7.47. The lowest BCUT2D eigenvalue weighted by Gasteiger charge is -2.21. The van der Waals surface area contributed by atoms with Gasteiger partial charge in [0.15, 0.2) is 12.2 Å². The minimum atomic E-state index is -4.96. The lowest BCUT2D eigenvalue weighted by molar-refractivity contribution is -0.161. The van der Waals surface area contributed by atoms with E-state index in [9.17, 15) is 43.2 Å². The van der Waals surface area contributed by atoms with E-state index in [0.29, 0.717) is 25.7 Å². The third-order valence-electron chi connectivity index (χ3n) is 16.9. The lowest BCUT2D eigenvalue weighted by Crippen LogP contribution is -2.30. The largest absolute Gasteiger partial charge is 0.472 e. The van der Waals surface area contributed by atoms with Crippen LogP contribution < -0.4 is 0 Å². The van der Waals surface area contributed by atoms with Crippen LogP contribution in [0.4, 0.5) is 0 Å². The summed E-state index contributed by atoms with van der Waals surface area (Å²) >= 11 is 0. The van der Waals surface area contributed by atoms with Gasteiger partial charge in [0, 0.05) is 25.7 Å². The standard InChI is InChI=1S/C74H140O17P2/c1-8-10-11-12-13-14-15-16-17-18-22-29-34-43-50-57-74(79)91-70(62-85-72(77)56-49-42-37-36-40-47-54-67(7)9-2)64-89-93(82,83)87-60-68(75)59-86-92(80,81)88-63-69(61-84-71(76)55-48-41-33-28-25-24-27-32-39-46-53-66(5)6)90-73(78)58-51-44-35-30-23-20-19-21-26-31-38-45-52-65(3)4/h14-17,65-70,75H,8-13,18-64H2,1-7H3,(H,80,81)(H,82,83)/b15-14-,17-16-/t67?,68-,69-,70-/m1/s1. The number of carbonyl (C=O) groups excluding carboxylic acids is 4. The van der Waals surface area contributed by atoms with Crippen molar-refractivity contribution in [3.05, 3.63) is 24.3 Å². The van der Waals surface area contributed by atoms with Crippen LogP contribution in [0.5, 0.6) is 0 Å². The summed E-state index contributed by atoms with van der Waals surface area (Å²) in [5.74, 6) is 0.107. The first-order valence-electron chi connectivity index (χ1n) is 37.7. The van der Waals surface area contributed by atoms with Gasteiger partial charge in [-0.3, -0.25) is 37.3 Å². The maximum atomic E-state index is 13.1. The lowest BCUT2D eigenvalue weighted by atomic mass is 10.00. The van der Waals surface area contributed by atoms with Crippen molar-refractivity contribution >= 4 is 39.5 Å². The van der Waals surface area contributed by atoms with Crippen LogP contribution in [0.15, 0.2) is 24.3 Å². The molecule has 3 unspecified atom stereocenters.